The number of rotatable bonds is 4. The Morgan fingerprint density at radius 2 is 1.89 bits per heavy atom. The first-order valence-corrected chi connectivity index (χ1v) is 6.11. The highest BCUT2D eigenvalue weighted by Gasteiger charge is 2.14. The summed E-state index contributed by atoms with van der Waals surface area (Å²) in [5.41, 5.74) is 2.22. The van der Waals surface area contributed by atoms with E-state index in [9.17, 15) is 4.79 Å². The van der Waals surface area contributed by atoms with Gasteiger partial charge in [-0.05, 0) is 24.6 Å². The highest BCUT2D eigenvalue weighted by molar-refractivity contribution is 6.34. The molecule has 0 saturated heterocycles. The smallest absolute Gasteiger partial charge is 0.153 e. The van der Waals surface area contributed by atoms with Gasteiger partial charge in [0.05, 0.1) is 17.2 Å². The molecule has 0 atom stereocenters. The van der Waals surface area contributed by atoms with Crippen LogP contribution in [0.4, 0.5) is 0 Å². The van der Waals surface area contributed by atoms with Gasteiger partial charge in [-0.2, -0.15) is 0 Å². The molecule has 2 aromatic rings. The summed E-state index contributed by atoms with van der Waals surface area (Å²) in [6, 6.07) is 13.1. The second kappa shape index (κ2) is 5.69. The maximum Gasteiger partial charge on any atom is 0.153 e. The Bertz CT molecular complexity index is 550. The SMILES string of the molecule is CCOc1c(C=O)ccc(Cl)c1-c1ccccc1. The number of ether oxygens (including phenoxy) is 1. The number of carbonyl (C=O) groups excluding carboxylic acids is 1. The molecular formula is C15H13ClO2. The molecule has 0 radical (unpaired) electrons. The fourth-order valence-electron chi connectivity index (χ4n) is 1.84. The largest absolute Gasteiger partial charge is 0.492 e. The van der Waals surface area contributed by atoms with Gasteiger partial charge >= 0.3 is 0 Å². The predicted molar refractivity (Wildman–Crippen MR) is 73.4 cm³/mol. The van der Waals surface area contributed by atoms with Gasteiger partial charge in [0.2, 0.25) is 0 Å². The van der Waals surface area contributed by atoms with E-state index < -0.39 is 0 Å². The van der Waals surface area contributed by atoms with E-state index in [1.54, 1.807) is 12.1 Å². The van der Waals surface area contributed by atoms with Gasteiger partial charge in [0.15, 0.2) is 6.29 Å². The summed E-state index contributed by atoms with van der Waals surface area (Å²) in [5.74, 6) is 0.547. The molecule has 0 aromatic heterocycles. The van der Waals surface area contributed by atoms with Crippen molar-refractivity contribution in [2.45, 2.75) is 6.92 Å². The first-order chi connectivity index (χ1) is 8.77. The molecular weight excluding hydrogens is 248 g/mol. The van der Waals surface area contributed by atoms with Crippen LogP contribution < -0.4 is 4.74 Å². The van der Waals surface area contributed by atoms with E-state index in [0.717, 1.165) is 17.4 Å². The highest BCUT2D eigenvalue weighted by atomic mass is 35.5. The second-order valence-electron chi connectivity index (χ2n) is 3.76. The number of benzene rings is 2. The lowest BCUT2D eigenvalue weighted by atomic mass is 10.0. The molecule has 0 aliphatic rings. The molecule has 0 heterocycles. The summed E-state index contributed by atoms with van der Waals surface area (Å²) < 4.78 is 5.58. The summed E-state index contributed by atoms with van der Waals surface area (Å²) in [5, 5.41) is 0.579. The Hall–Kier alpha value is -1.80. The first-order valence-electron chi connectivity index (χ1n) is 5.73. The summed E-state index contributed by atoms with van der Waals surface area (Å²) >= 11 is 6.23. The van der Waals surface area contributed by atoms with Gasteiger partial charge in [-0.25, -0.2) is 0 Å². The Labute approximate surface area is 111 Å². The third-order valence-electron chi connectivity index (χ3n) is 2.62. The van der Waals surface area contributed by atoms with Crippen molar-refractivity contribution in [1.29, 1.82) is 0 Å². The van der Waals surface area contributed by atoms with Gasteiger partial charge in [-0.15, -0.1) is 0 Å². The molecule has 0 saturated carbocycles. The van der Waals surface area contributed by atoms with Crippen LogP contribution in [-0.2, 0) is 0 Å². The normalized spacial score (nSPS) is 10.1. The van der Waals surface area contributed by atoms with Crippen molar-refractivity contribution < 1.29 is 9.53 Å². The standard InChI is InChI=1S/C15H13ClO2/c1-2-18-15-12(10-17)8-9-13(16)14(15)11-6-4-3-5-7-11/h3-10H,2H2,1H3. The molecule has 0 unspecified atom stereocenters. The minimum Gasteiger partial charge on any atom is -0.492 e. The molecule has 18 heavy (non-hydrogen) atoms. The average Bonchev–Trinajstić information content (AvgIpc) is 2.40. The Balaban J connectivity index is 2.67. The molecule has 2 aromatic carbocycles. The minimum atomic E-state index is 0.487. The van der Waals surface area contributed by atoms with Crippen LogP contribution in [-0.4, -0.2) is 12.9 Å². The van der Waals surface area contributed by atoms with E-state index in [1.165, 1.54) is 0 Å². The van der Waals surface area contributed by atoms with E-state index in [0.29, 0.717) is 22.9 Å². The summed E-state index contributed by atoms with van der Waals surface area (Å²) in [6.45, 7) is 2.37. The lowest BCUT2D eigenvalue weighted by Crippen LogP contribution is -1.99. The third kappa shape index (κ3) is 2.39. The first kappa shape index (κ1) is 12.7. The van der Waals surface area contributed by atoms with Gasteiger partial charge in [0, 0.05) is 5.56 Å². The molecule has 0 aliphatic heterocycles. The van der Waals surface area contributed by atoms with Crippen LogP contribution in [0.5, 0.6) is 5.75 Å². The van der Waals surface area contributed by atoms with Gasteiger partial charge in [-0.3, -0.25) is 4.79 Å². The van der Waals surface area contributed by atoms with E-state index in [1.807, 2.05) is 37.3 Å². The van der Waals surface area contributed by atoms with E-state index >= 15 is 0 Å². The highest BCUT2D eigenvalue weighted by Crippen LogP contribution is 2.38. The van der Waals surface area contributed by atoms with Crippen molar-refractivity contribution >= 4 is 17.9 Å². The van der Waals surface area contributed by atoms with Crippen molar-refractivity contribution in [1.82, 2.24) is 0 Å². The van der Waals surface area contributed by atoms with Crippen LogP contribution in [0.15, 0.2) is 42.5 Å². The minimum absolute atomic E-state index is 0.487. The second-order valence-corrected chi connectivity index (χ2v) is 4.16. The Morgan fingerprint density at radius 3 is 2.50 bits per heavy atom. The molecule has 0 spiro atoms. The predicted octanol–water partition coefficient (Wildman–Crippen LogP) is 4.22. The molecule has 92 valence electrons. The summed E-state index contributed by atoms with van der Waals surface area (Å²) in [6.07, 6.45) is 0.785. The number of halogens is 1. The Kier molecular flexibility index (Phi) is 4.00. The number of aldehydes is 1. The summed E-state index contributed by atoms with van der Waals surface area (Å²) in [7, 11) is 0. The van der Waals surface area contributed by atoms with Crippen LogP contribution in [0.2, 0.25) is 5.02 Å². The lowest BCUT2D eigenvalue weighted by molar-refractivity contribution is 0.112. The van der Waals surface area contributed by atoms with Crippen molar-refractivity contribution in [2.24, 2.45) is 0 Å². The van der Waals surface area contributed by atoms with E-state index in [2.05, 4.69) is 0 Å². The van der Waals surface area contributed by atoms with Crippen LogP contribution in [0.3, 0.4) is 0 Å². The molecule has 2 rings (SSSR count). The van der Waals surface area contributed by atoms with Gasteiger partial charge in [0.25, 0.3) is 0 Å². The van der Waals surface area contributed by atoms with Crippen molar-refractivity contribution in [3.05, 3.63) is 53.1 Å². The lowest BCUT2D eigenvalue weighted by Gasteiger charge is -2.14. The number of hydrogen-bond donors (Lipinski definition) is 0. The van der Waals surface area contributed by atoms with Gasteiger partial charge < -0.3 is 4.74 Å². The monoisotopic (exact) mass is 260 g/mol. The van der Waals surface area contributed by atoms with Crippen LogP contribution >= 0.6 is 11.6 Å². The molecule has 0 fully saturated rings. The maximum absolute atomic E-state index is 11.1. The zero-order valence-electron chi connectivity index (χ0n) is 10.0. The van der Waals surface area contributed by atoms with E-state index in [4.69, 9.17) is 16.3 Å². The average molecular weight is 261 g/mol. The molecule has 0 aliphatic carbocycles. The quantitative estimate of drug-likeness (QED) is 0.770. The van der Waals surface area contributed by atoms with Crippen molar-refractivity contribution in [3.8, 4) is 16.9 Å². The van der Waals surface area contributed by atoms with Crippen molar-refractivity contribution in [3.63, 3.8) is 0 Å². The van der Waals surface area contributed by atoms with Gasteiger partial charge in [-0.1, -0.05) is 41.9 Å². The molecule has 0 amide bonds. The fourth-order valence-corrected chi connectivity index (χ4v) is 2.10. The van der Waals surface area contributed by atoms with Crippen LogP contribution in [0.1, 0.15) is 17.3 Å². The molecule has 0 N–H and O–H groups in total. The topological polar surface area (TPSA) is 26.3 Å². The third-order valence-corrected chi connectivity index (χ3v) is 2.93. The Morgan fingerprint density at radius 1 is 1.17 bits per heavy atom. The maximum atomic E-state index is 11.1. The van der Waals surface area contributed by atoms with E-state index in [-0.39, 0.29) is 0 Å². The zero-order chi connectivity index (χ0) is 13.0. The molecule has 0 bridgehead atoms. The summed E-state index contributed by atoms with van der Waals surface area (Å²) in [4.78, 5) is 11.1. The molecule has 3 heteroatoms. The molecule has 2 nitrogen and oxygen atoms in total. The fraction of sp³-hybridized carbons (Fsp3) is 0.133. The van der Waals surface area contributed by atoms with Crippen molar-refractivity contribution in [2.75, 3.05) is 6.61 Å². The number of hydrogen-bond acceptors (Lipinski definition) is 2. The van der Waals surface area contributed by atoms with Gasteiger partial charge in [0.1, 0.15) is 5.75 Å². The zero-order valence-corrected chi connectivity index (χ0v) is 10.8. The van der Waals surface area contributed by atoms with Crippen LogP contribution in [0, 0.1) is 0 Å². The number of carbonyl (C=O) groups is 1. The van der Waals surface area contributed by atoms with Crippen LogP contribution in [0.25, 0.3) is 11.1 Å².